The highest BCUT2D eigenvalue weighted by molar-refractivity contribution is 6.35. The molecule has 2 aromatic rings. The van der Waals surface area contributed by atoms with Crippen molar-refractivity contribution in [3.63, 3.8) is 0 Å². The second-order valence-electron chi connectivity index (χ2n) is 5.23. The summed E-state index contributed by atoms with van der Waals surface area (Å²) in [6, 6.07) is 13.4. The Hall–Kier alpha value is -1.55. The lowest BCUT2D eigenvalue weighted by Crippen LogP contribution is -2.37. The van der Waals surface area contributed by atoms with Gasteiger partial charge < -0.3 is 10.2 Å². The zero-order chi connectivity index (χ0) is 15.5. The van der Waals surface area contributed by atoms with E-state index in [0.29, 0.717) is 16.6 Å². The molecule has 0 bridgehead atoms. The van der Waals surface area contributed by atoms with E-state index >= 15 is 0 Å². The van der Waals surface area contributed by atoms with Gasteiger partial charge in [0.05, 0.1) is 6.54 Å². The molecule has 22 heavy (non-hydrogen) atoms. The molecular weight excluding hydrogens is 319 g/mol. The summed E-state index contributed by atoms with van der Waals surface area (Å²) in [5, 5.41) is 4.35. The number of amides is 1. The van der Waals surface area contributed by atoms with Gasteiger partial charge in [-0.3, -0.25) is 4.79 Å². The van der Waals surface area contributed by atoms with Crippen molar-refractivity contribution in [2.24, 2.45) is 0 Å². The van der Waals surface area contributed by atoms with E-state index in [-0.39, 0.29) is 12.5 Å². The molecule has 0 aromatic heterocycles. The van der Waals surface area contributed by atoms with Gasteiger partial charge in [-0.25, -0.2) is 0 Å². The molecule has 5 heteroatoms. The number of anilines is 1. The van der Waals surface area contributed by atoms with Gasteiger partial charge in [0.15, 0.2) is 0 Å². The van der Waals surface area contributed by atoms with E-state index in [1.54, 1.807) is 18.2 Å². The van der Waals surface area contributed by atoms with Crippen molar-refractivity contribution < 1.29 is 4.79 Å². The van der Waals surface area contributed by atoms with Crippen LogP contribution in [-0.4, -0.2) is 19.0 Å². The van der Waals surface area contributed by atoms with Crippen molar-refractivity contribution in [2.45, 2.75) is 13.0 Å². The Labute approximate surface area is 139 Å². The normalized spacial score (nSPS) is 13.3. The third-order valence-corrected chi connectivity index (χ3v) is 4.54. The molecule has 1 aliphatic heterocycles. The molecule has 0 atom stereocenters. The Morgan fingerprint density at radius 3 is 2.59 bits per heavy atom. The first-order valence-corrected chi connectivity index (χ1v) is 7.94. The average Bonchev–Trinajstić information content (AvgIpc) is 2.94. The van der Waals surface area contributed by atoms with E-state index < -0.39 is 0 Å². The first kappa shape index (κ1) is 15.3. The number of carbonyl (C=O) groups excluding carboxylic acids is 1. The maximum Gasteiger partial charge on any atom is 0.240 e. The van der Waals surface area contributed by atoms with Crippen molar-refractivity contribution in [1.82, 2.24) is 5.32 Å². The second kappa shape index (κ2) is 6.69. The number of carbonyl (C=O) groups is 1. The molecule has 0 radical (unpaired) electrons. The molecule has 0 fully saturated rings. The van der Waals surface area contributed by atoms with E-state index in [1.165, 1.54) is 5.56 Å². The van der Waals surface area contributed by atoms with Gasteiger partial charge in [0, 0.05) is 34.4 Å². The predicted molar refractivity (Wildman–Crippen MR) is 90.7 cm³/mol. The Balaban J connectivity index is 1.60. The Morgan fingerprint density at radius 1 is 1.09 bits per heavy atom. The quantitative estimate of drug-likeness (QED) is 0.925. The maximum absolute atomic E-state index is 12.4. The highest BCUT2D eigenvalue weighted by Crippen LogP contribution is 2.27. The van der Waals surface area contributed by atoms with Crippen molar-refractivity contribution in [1.29, 1.82) is 0 Å². The van der Waals surface area contributed by atoms with Crippen LogP contribution < -0.4 is 10.2 Å². The van der Waals surface area contributed by atoms with Crippen LogP contribution in [0.15, 0.2) is 42.5 Å². The number of para-hydroxylation sites is 1. The molecule has 0 saturated carbocycles. The first-order chi connectivity index (χ1) is 10.7. The molecule has 114 valence electrons. The Bertz CT molecular complexity index is 683. The smallest absolute Gasteiger partial charge is 0.240 e. The Morgan fingerprint density at radius 2 is 1.82 bits per heavy atom. The van der Waals surface area contributed by atoms with Crippen LogP contribution in [0.2, 0.25) is 10.0 Å². The third kappa shape index (κ3) is 3.12. The fourth-order valence-electron chi connectivity index (χ4n) is 2.69. The predicted octanol–water partition coefficient (Wildman–Crippen LogP) is 3.67. The summed E-state index contributed by atoms with van der Waals surface area (Å²) >= 11 is 12.2. The third-order valence-electron chi connectivity index (χ3n) is 3.83. The number of fused-ring (bicyclic) bond motifs is 1. The molecule has 0 aliphatic carbocycles. The highest BCUT2D eigenvalue weighted by Gasteiger charge is 2.23. The standard InChI is InChI=1S/C17H16Cl2N2O/c18-14-5-3-6-15(19)13(14)10-20-11-17(22)21-9-8-12-4-1-2-7-16(12)21/h1-7,20H,8-11H2. The summed E-state index contributed by atoms with van der Waals surface area (Å²) in [5.41, 5.74) is 3.07. The number of rotatable bonds is 4. The van der Waals surface area contributed by atoms with Gasteiger partial charge >= 0.3 is 0 Å². The van der Waals surface area contributed by atoms with Gasteiger partial charge in [0.1, 0.15) is 0 Å². The topological polar surface area (TPSA) is 32.3 Å². The zero-order valence-corrected chi connectivity index (χ0v) is 13.5. The highest BCUT2D eigenvalue weighted by atomic mass is 35.5. The van der Waals surface area contributed by atoms with Crippen molar-refractivity contribution in [2.75, 3.05) is 18.0 Å². The summed E-state index contributed by atoms with van der Waals surface area (Å²) in [5.74, 6) is 0.0631. The van der Waals surface area contributed by atoms with E-state index in [0.717, 1.165) is 24.2 Å². The van der Waals surface area contributed by atoms with E-state index in [4.69, 9.17) is 23.2 Å². The zero-order valence-electron chi connectivity index (χ0n) is 12.0. The van der Waals surface area contributed by atoms with Crippen LogP contribution in [-0.2, 0) is 17.8 Å². The summed E-state index contributed by atoms with van der Waals surface area (Å²) in [7, 11) is 0. The molecule has 1 amide bonds. The number of nitrogens with one attached hydrogen (secondary N) is 1. The lowest BCUT2D eigenvalue weighted by atomic mass is 10.2. The first-order valence-electron chi connectivity index (χ1n) is 7.18. The number of benzene rings is 2. The summed E-state index contributed by atoms with van der Waals surface area (Å²) < 4.78 is 0. The molecule has 0 saturated heterocycles. The van der Waals surface area contributed by atoms with Crippen molar-refractivity contribution in [3.05, 3.63) is 63.6 Å². The van der Waals surface area contributed by atoms with Gasteiger partial charge in [-0.15, -0.1) is 0 Å². The SMILES string of the molecule is O=C(CNCc1c(Cl)cccc1Cl)N1CCc2ccccc21. The minimum absolute atomic E-state index is 0.0631. The van der Waals surface area contributed by atoms with Gasteiger partial charge in [-0.05, 0) is 30.2 Å². The van der Waals surface area contributed by atoms with E-state index in [1.807, 2.05) is 23.1 Å². The molecular formula is C17H16Cl2N2O. The minimum Gasteiger partial charge on any atom is -0.311 e. The van der Waals surface area contributed by atoms with Gasteiger partial charge in [0.25, 0.3) is 0 Å². The maximum atomic E-state index is 12.4. The number of nitrogens with zero attached hydrogens (tertiary/aromatic N) is 1. The largest absolute Gasteiger partial charge is 0.311 e. The van der Waals surface area contributed by atoms with Crippen LogP contribution in [0, 0.1) is 0 Å². The van der Waals surface area contributed by atoms with E-state index in [2.05, 4.69) is 11.4 Å². The average molecular weight is 335 g/mol. The minimum atomic E-state index is 0.0631. The molecule has 1 N–H and O–H groups in total. The number of halogens is 2. The van der Waals surface area contributed by atoms with E-state index in [9.17, 15) is 4.79 Å². The van der Waals surface area contributed by atoms with Crippen molar-refractivity contribution >= 4 is 34.8 Å². The molecule has 3 rings (SSSR count). The van der Waals surface area contributed by atoms with Gasteiger partial charge in [0.2, 0.25) is 5.91 Å². The van der Waals surface area contributed by atoms with Crippen LogP contribution in [0.1, 0.15) is 11.1 Å². The monoisotopic (exact) mass is 334 g/mol. The second-order valence-corrected chi connectivity index (χ2v) is 6.04. The number of hydrogen-bond acceptors (Lipinski definition) is 2. The van der Waals surface area contributed by atoms with Crippen LogP contribution in [0.25, 0.3) is 0 Å². The Kier molecular flexibility index (Phi) is 4.67. The van der Waals surface area contributed by atoms with Crippen LogP contribution in [0.3, 0.4) is 0 Å². The number of hydrogen-bond donors (Lipinski definition) is 1. The molecule has 2 aromatic carbocycles. The summed E-state index contributed by atoms with van der Waals surface area (Å²) in [6.07, 6.45) is 0.915. The summed E-state index contributed by atoms with van der Waals surface area (Å²) in [6.45, 7) is 1.47. The van der Waals surface area contributed by atoms with Crippen LogP contribution in [0.4, 0.5) is 5.69 Å². The van der Waals surface area contributed by atoms with Gasteiger partial charge in [-0.2, -0.15) is 0 Å². The fourth-order valence-corrected chi connectivity index (χ4v) is 3.22. The fraction of sp³-hybridized carbons (Fsp3) is 0.235. The van der Waals surface area contributed by atoms with Crippen molar-refractivity contribution in [3.8, 4) is 0 Å². The molecule has 1 heterocycles. The molecule has 1 aliphatic rings. The molecule has 0 unspecified atom stereocenters. The van der Waals surface area contributed by atoms with Crippen LogP contribution >= 0.6 is 23.2 Å². The molecule has 3 nitrogen and oxygen atoms in total. The van der Waals surface area contributed by atoms with Gasteiger partial charge in [-0.1, -0.05) is 47.5 Å². The molecule has 0 spiro atoms. The summed E-state index contributed by atoms with van der Waals surface area (Å²) in [4.78, 5) is 14.2. The lowest BCUT2D eigenvalue weighted by molar-refractivity contribution is -0.117. The van der Waals surface area contributed by atoms with Crippen LogP contribution in [0.5, 0.6) is 0 Å². The lowest BCUT2D eigenvalue weighted by Gasteiger charge is -2.18.